The third-order valence-electron chi connectivity index (χ3n) is 2.85. The van der Waals surface area contributed by atoms with Gasteiger partial charge in [0.2, 0.25) is 5.82 Å². The standard InChI is InChI=1S/C15H15F3O2/c1-8(2)7-20-10-5-4-9-6-11(19-3)14(17)15(18)12(9)13(10)16/h4-6,8H,7H2,1-3H3. The first-order valence-electron chi connectivity index (χ1n) is 6.22. The van der Waals surface area contributed by atoms with Gasteiger partial charge in [-0.3, -0.25) is 0 Å². The smallest absolute Gasteiger partial charge is 0.201 e. The van der Waals surface area contributed by atoms with Gasteiger partial charge in [-0.1, -0.05) is 19.9 Å². The normalized spacial score (nSPS) is 11.2. The van der Waals surface area contributed by atoms with Gasteiger partial charge in [-0.15, -0.1) is 0 Å². The summed E-state index contributed by atoms with van der Waals surface area (Å²) in [6.45, 7) is 4.11. The van der Waals surface area contributed by atoms with E-state index in [4.69, 9.17) is 9.47 Å². The number of fused-ring (bicyclic) bond motifs is 1. The first-order valence-corrected chi connectivity index (χ1v) is 6.22. The summed E-state index contributed by atoms with van der Waals surface area (Å²) in [4.78, 5) is 0. The Balaban J connectivity index is 2.58. The van der Waals surface area contributed by atoms with Crippen LogP contribution in [0.2, 0.25) is 0 Å². The molecule has 0 heterocycles. The van der Waals surface area contributed by atoms with E-state index in [9.17, 15) is 13.2 Å². The van der Waals surface area contributed by atoms with Crippen molar-refractivity contribution in [3.63, 3.8) is 0 Å². The molecule has 20 heavy (non-hydrogen) atoms. The lowest BCUT2D eigenvalue weighted by Gasteiger charge is -2.12. The molecule has 0 amide bonds. The second-order valence-corrected chi connectivity index (χ2v) is 4.89. The van der Waals surface area contributed by atoms with E-state index in [1.165, 1.54) is 25.3 Å². The molecule has 0 bridgehead atoms. The topological polar surface area (TPSA) is 18.5 Å². The molecular formula is C15H15F3O2. The highest BCUT2D eigenvalue weighted by Gasteiger charge is 2.19. The van der Waals surface area contributed by atoms with Crippen molar-refractivity contribution in [3.8, 4) is 11.5 Å². The van der Waals surface area contributed by atoms with Crippen LogP contribution in [0.25, 0.3) is 10.8 Å². The number of hydrogen-bond donors (Lipinski definition) is 0. The maximum Gasteiger partial charge on any atom is 0.201 e. The maximum absolute atomic E-state index is 14.2. The Bertz CT molecular complexity index is 639. The van der Waals surface area contributed by atoms with Crippen LogP contribution < -0.4 is 9.47 Å². The summed E-state index contributed by atoms with van der Waals surface area (Å²) in [6.07, 6.45) is 0. The van der Waals surface area contributed by atoms with Gasteiger partial charge in [0.15, 0.2) is 23.1 Å². The van der Waals surface area contributed by atoms with E-state index in [1.807, 2.05) is 13.8 Å². The zero-order chi connectivity index (χ0) is 14.9. The Kier molecular flexibility index (Phi) is 4.06. The summed E-state index contributed by atoms with van der Waals surface area (Å²) < 4.78 is 51.8. The van der Waals surface area contributed by atoms with Crippen molar-refractivity contribution in [1.82, 2.24) is 0 Å². The molecular weight excluding hydrogens is 269 g/mol. The van der Waals surface area contributed by atoms with Crippen LogP contribution in [0.5, 0.6) is 11.5 Å². The SMILES string of the molecule is COc1cc2ccc(OCC(C)C)c(F)c2c(F)c1F. The molecule has 0 fully saturated rings. The molecule has 0 aliphatic rings. The third-order valence-corrected chi connectivity index (χ3v) is 2.85. The maximum atomic E-state index is 14.2. The largest absolute Gasteiger partial charge is 0.494 e. The van der Waals surface area contributed by atoms with Crippen molar-refractivity contribution in [2.24, 2.45) is 5.92 Å². The number of rotatable bonds is 4. The molecule has 0 N–H and O–H groups in total. The van der Waals surface area contributed by atoms with Crippen molar-refractivity contribution in [2.45, 2.75) is 13.8 Å². The summed E-state index contributed by atoms with van der Waals surface area (Å²) >= 11 is 0. The van der Waals surface area contributed by atoms with E-state index in [1.54, 1.807) is 0 Å². The predicted molar refractivity (Wildman–Crippen MR) is 70.7 cm³/mol. The highest BCUT2D eigenvalue weighted by atomic mass is 19.2. The van der Waals surface area contributed by atoms with Crippen molar-refractivity contribution < 1.29 is 22.6 Å². The number of hydrogen-bond acceptors (Lipinski definition) is 2. The van der Waals surface area contributed by atoms with Crippen LogP contribution in [-0.4, -0.2) is 13.7 Å². The predicted octanol–water partition coefficient (Wildman–Crippen LogP) is 4.30. The molecule has 0 aliphatic heterocycles. The summed E-state index contributed by atoms with van der Waals surface area (Å²) in [5.41, 5.74) is 0. The summed E-state index contributed by atoms with van der Waals surface area (Å²) in [5.74, 6) is -3.53. The lowest BCUT2D eigenvalue weighted by atomic mass is 10.1. The van der Waals surface area contributed by atoms with Crippen molar-refractivity contribution in [3.05, 3.63) is 35.7 Å². The first-order chi connectivity index (χ1) is 9.45. The van der Waals surface area contributed by atoms with Crippen molar-refractivity contribution >= 4 is 10.8 Å². The van der Waals surface area contributed by atoms with Crippen LogP contribution >= 0.6 is 0 Å². The Morgan fingerprint density at radius 2 is 1.70 bits per heavy atom. The molecule has 0 saturated carbocycles. The molecule has 2 rings (SSSR count). The molecule has 0 aromatic heterocycles. The van der Waals surface area contributed by atoms with Crippen LogP contribution in [0.3, 0.4) is 0 Å². The number of benzene rings is 2. The van der Waals surface area contributed by atoms with Crippen molar-refractivity contribution in [2.75, 3.05) is 13.7 Å². The van der Waals surface area contributed by atoms with Gasteiger partial charge in [0, 0.05) is 0 Å². The fraction of sp³-hybridized carbons (Fsp3) is 0.333. The van der Waals surface area contributed by atoms with E-state index in [2.05, 4.69) is 0 Å². The van der Waals surface area contributed by atoms with E-state index >= 15 is 0 Å². The second-order valence-electron chi connectivity index (χ2n) is 4.89. The molecule has 0 saturated heterocycles. The summed E-state index contributed by atoms with van der Waals surface area (Å²) in [5, 5.41) is -0.209. The van der Waals surface area contributed by atoms with E-state index in [0.29, 0.717) is 6.61 Å². The fourth-order valence-corrected chi connectivity index (χ4v) is 1.85. The van der Waals surface area contributed by atoms with Crippen LogP contribution in [-0.2, 0) is 0 Å². The van der Waals surface area contributed by atoms with Crippen LogP contribution in [0.1, 0.15) is 13.8 Å². The van der Waals surface area contributed by atoms with E-state index in [0.717, 1.165) is 0 Å². The van der Waals surface area contributed by atoms with Crippen LogP contribution in [0, 0.1) is 23.4 Å². The minimum absolute atomic E-state index is 0.0883. The Hall–Kier alpha value is -1.91. The number of ether oxygens (including phenoxy) is 2. The van der Waals surface area contributed by atoms with Crippen molar-refractivity contribution in [1.29, 1.82) is 0 Å². The lowest BCUT2D eigenvalue weighted by Crippen LogP contribution is -2.06. The van der Waals surface area contributed by atoms with Gasteiger partial charge in [-0.2, -0.15) is 4.39 Å². The first kappa shape index (κ1) is 14.5. The van der Waals surface area contributed by atoms with Gasteiger partial charge >= 0.3 is 0 Å². The molecule has 0 unspecified atom stereocenters. The molecule has 0 spiro atoms. The molecule has 0 aliphatic carbocycles. The zero-order valence-corrected chi connectivity index (χ0v) is 11.5. The molecule has 5 heteroatoms. The Morgan fingerprint density at radius 3 is 2.30 bits per heavy atom. The molecule has 0 atom stereocenters. The minimum atomic E-state index is -1.27. The highest BCUT2D eigenvalue weighted by Crippen LogP contribution is 2.34. The fourth-order valence-electron chi connectivity index (χ4n) is 1.85. The average molecular weight is 284 g/mol. The molecule has 2 aromatic rings. The van der Waals surface area contributed by atoms with Gasteiger partial charge in [0.25, 0.3) is 0 Å². The Labute approximate surface area is 115 Å². The van der Waals surface area contributed by atoms with Crippen LogP contribution in [0.15, 0.2) is 18.2 Å². The van der Waals surface area contributed by atoms with Gasteiger partial charge in [0.1, 0.15) is 0 Å². The number of halogens is 3. The molecule has 0 radical (unpaired) electrons. The minimum Gasteiger partial charge on any atom is -0.494 e. The van der Waals surface area contributed by atoms with Gasteiger partial charge in [-0.25, -0.2) is 8.78 Å². The van der Waals surface area contributed by atoms with Crippen LogP contribution in [0.4, 0.5) is 13.2 Å². The molecule has 2 aromatic carbocycles. The summed E-state index contributed by atoms with van der Waals surface area (Å²) in [7, 11) is 1.22. The average Bonchev–Trinajstić information content (AvgIpc) is 2.41. The third kappa shape index (κ3) is 2.53. The summed E-state index contributed by atoms with van der Waals surface area (Å²) in [6, 6.07) is 4.12. The van der Waals surface area contributed by atoms with E-state index in [-0.39, 0.29) is 22.8 Å². The lowest BCUT2D eigenvalue weighted by molar-refractivity contribution is 0.260. The van der Waals surface area contributed by atoms with Gasteiger partial charge < -0.3 is 9.47 Å². The number of methoxy groups -OCH3 is 1. The van der Waals surface area contributed by atoms with Gasteiger partial charge in [-0.05, 0) is 23.4 Å². The molecule has 108 valence electrons. The highest BCUT2D eigenvalue weighted by molar-refractivity contribution is 5.86. The Morgan fingerprint density at radius 1 is 1.00 bits per heavy atom. The quantitative estimate of drug-likeness (QED) is 0.833. The van der Waals surface area contributed by atoms with E-state index < -0.39 is 22.8 Å². The second kappa shape index (κ2) is 5.61. The van der Waals surface area contributed by atoms with Gasteiger partial charge in [0.05, 0.1) is 19.1 Å². The zero-order valence-electron chi connectivity index (χ0n) is 11.5. The monoisotopic (exact) mass is 284 g/mol. The molecule has 2 nitrogen and oxygen atoms in total.